The Hall–Kier alpha value is -1.07. The van der Waals surface area contributed by atoms with E-state index in [1.165, 1.54) is 5.56 Å². The molecule has 1 rings (SSSR count). The third kappa shape index (κ3) is 11.5. The van der Waals surface area contributed by atoms with E-state index in [4.69, 9.17) is 4.74 Å². The van der Waals surface area contributed by atoms with E-state index in [1.54, 1.807) is 0 Å². The van der Waals surface area contributed by atoms with Crippen LogP contribution < -0.4 is 0 Å². The van der Waals surface area contributed by atoms with Gasteiger partial charge in [0, 0.05) is 13.2 Å². The molecule has 0 aliphatic rings. The fourth-order valence-electron chi connectivity index (χ4n) is 2.59. The average molecular weight is 345 g/mol. The molecule has 0 saturated heterocycles. The smallest absolute Gasteiger partial charge is 0.377 e. The predicted octanol–water partition coefficient (Wildman–Crippen LogP) is 5.43. The molecule has 0 aliphatic carbocycles. The highest BCUT2D eigenvalue weighted by molar-refractivity contribution is 5.13. The van der Waals surface area contributed by atoms with Crippen molar-refractivity contribution in [1.82, 2.24) is 4.90 Å². The molecule has 5 heteroatoms. The van der Waals surface area contributed by atoms with Gasteiger partial charge in [-0.2, -0.15) is 13.2 Å². The number of rotatable bonds is 13. The quantitative estimate of drug-likeness (QED) is 0.442. The summed E-state index contributed by atoms with van der Waals surface area (Å²) in [6.45, 7) is 5.01. The van der Waals surface area contributed by atoms with Gasteiger partial charge in [-0.25, -0.2) is 0 Å². The van der Waals surface area contributed by atoms with Crippen molar-refractivity contribution in [1.29, 1.82) is 0 Å². The molecule has 0 heterocycles. The highest BCUT2D eigenvalue weighted by Gasteiger charge is 2.27. The summed E-state index contributed by atoms with van der Waals surface area (Å²) >= 11 is 0. The summed E-state index contributed by atoms with van der Waals surface area (Å²) in [4.78, 5) is 1.93. The molecule has 0 spiro atoms. The number of benzene rings is 1. The van der Waals surface area contributed by atoms with Crippen molar-refractivity contribution in [3.63, 3.8) is 0 Å². The molecule has 1 aromatic rings. The first-order chi connectivity index (χ1) is 11.5. The third-order valence-electron chi connectivity index (χ3n) is 3.88. The van der Waals surface area contributed by atoms with Gasteiger partial charge in [0.25, 0.3) is 0 Å². The molecule has 24 heavy (non-hydrogen) atoms. The molecule has 0 N–H and O–H groups in total. The zero-order valence-electron chi connectivity index (χ0n) is 14.7. The summed E-state index contributed by atoms with van der Waals surface area (Å²) in [5, 5.41) is 0. The Kier molecular flexibility index (Phi) is 10.8. The van der Waals surface area contributed by atoms with Crippen molar-refractivity contribution < 1.29 is 17.9 Å². The van der Waals surface area contributed by atoms with E-state index in [9.17, 15) is 13.2 Å². The van der Waals surface area contributed by atoms with Crippen molar-refractivity contribution in [2.24, 2.45) is 0 Å². The van der Waals surface area contributed by atoms with Crippen LogP contribution in [0.2, 0.25) is 0 Å². The van der Waals surface area contributed by atoms with Gasteiger partial charge in [0.1, 0.15) is 0 Å². The van der Waals surface area contributed by atoms with E-state index >= 15 is 0 Å². The molecule has 0 saturated carbocycles. The predicted molar refractivity (Wildman–Crippen MR) is 92.0 cm³/mol. The highest BCUT2D eigenvalue weighted by Crippen LogP contribution is 2.20. The summed E-state index contributed by atoms with van der Waals surface area (Å²) in [7, 11) is 0. The second-order valence-electron chi connectivity index (χ2n) is 6.16. The number of ether oxygens (including phenoxy) is 1. The Morgan fingerprint density at radius 3 is 2.29 bits per heavy atom. The van der Waals surface area contributed by atoms with Gasteiger partial charge < -0.3 is 9.64 Å². The van der Waals surface area contributed by atoms with Crippen LogP contribution in [-0.2, 0) is 11.3 Å². The lowest BCUT2D eigenvalue weighted by Gasteiger charge is -2.22. The summed E-state index contributed by atoms with van der Waals surface area (Å²) in [6.07, 6.45) is 0.197. The molecule has 138 valence electrons. The van der Waals surface area contributed by atoms with E-state index in [0.29, 0.717) is 6.61 Å². The topological polar surface area (TPSA) is 12.5 Å². The minimum atomic E-state index is -4.05. The van der Waals surface area contributed by atoms with E-state index in [1.807, 2.05) is 42.2 Å². The highest BCUT2D eigenvalue weighted by atomic mass is 19.4. The molecule has 1 aromatic carbocycles. The first-order valence-electron chi connectivity index (χ1n) is 8.92. The van der Waals surface area contributed by atoms with Gasteiger partial charge in [0.2, 0.25) is 0 Å². The fourth-order valence-corrected chi connectivity index (χ4v) is 2.59. The molecular formula is C19H30F3NO. The lowest BCUT2D eigenvalue weighted by molar-refractivity contribution is -0.138. The van der Waals surface area contributed by atoms with Crippen LogP contribution in [0.3, 0.4) is 0 Å². The minimum Gasteiger partial charge on any atom is -0.377 e. The van der Waals surface area contributed by atoms with Gasteiger partial charge in [-0.05, 0) is 37.9 Å². The van der Waals surface area contributed by atoms with E-state index in [-0.39, 0.29) is 6.54 Å². The third-order valence-corrected chi connectivity index (χ3v) is 3.88. The lowest BCUT2D eigenvalue weighted by Crippen LogP contribution is -2.30. The van der Waals surface area contributed by atoms with E-state index in [0.717, 1.165) is 51.8 Å². The maximum Gasteiger partial charge on any atom is 0.390 e. The van der Waals surface area contributed by atoms with Gasteiger partial charge in [-0.1, -0.05) is 50.1 Å². The number of alkyl halides is 3. The molecule has 0 aromatic heterocycles. The SMILES string of the molecule is CCCN(CCCCCCOCc1ccccc1)CCC(F)(F)F. The van der Waals surface area contributed by atoms with Crippen LogP contribution in [0.15, 0.2) is 30.3 Å². The van der Waals surface area contributed by atoms with Crippen LogP contribution in [-0.4, -0.2) is 37.3 Å². The summed E-state index contributed by atoms with van der Waals surface area (Å²) in [6, 6.07) is 10.1. The van der Waals surface area contributed by atoms with Gasteiger partial charge in [0.05, 0.1) is 13.0 Å². The minimum absolute atomic E-state index is 0.123. The molecule has 0 aliphatic heterocycles. The van der Waals surface area contributed by atoms with Gasteiger partial charge in [-0.3, -0.25) is 0 Å². The monoisotopic (exact) mass is 345 g/mol. The van der Waals surface area contributed by atoms with Crippen LogP contribution in [0.4, 0.5) is 13.2 Å². The standard InChI is InChI=1S/C19H30F3NO/c1-2-13-23(15-12-19(20,21)22)14-8-3-4-9-16-24-17-18-10-6-5-7-11-18/h5-7,10-11H,2-4,8-9,12-17H2,1H3. The molecule has 0 bridgehead atoms. The van der Waals surface area contributed by atoms with Crippen molar-refractivity contribution >= 4 is 0 Å². The van der Waals surface area contributed by atoms with Crippen molar-refractivity contribution in [2.75, 3.05) is 26.2 Å². The largest absolute Gasteiger partial charge is 0.390 e. The zero-order valence-corrected chi connectivity index (χ0v) is 14.7. The number of hydrogen-bond acceptors (Lipinski definition) is 2. The maximum atomic E-state index is 12.3. The Labute approximate surface area is 144 Å². The number of hydrogen-bond donors (Lipinski definition) is 0. The van der Waals surface area contributed by atoms with Crippen LogP contribution in [0.5, 0.6) is 0 Å². The fraction of sp³-hybridized carbons (Fsp3) is 0.684. The molecule has 2 nitrogen and oxygen atoms in total. The molecule has 0 unspecified atom stereocenters. The summed E-state index contributed by atoms with van der Waals surface area (Å²) in [5.41, 5.74) is 1.18. The molecule has 0 radical (unpaired) electrons. The first kappa shape index (κ1) is 21.0. The summed E-state index contributed by atoms with van der Waals surface area (Å²) < 4.78 is 42.5. The average Bonchev–Trinajstić information content (AvgIpc) is 2.55. The van der Waals surface area contributed by atoms with E-state index in [2.05, 4.69) is 0 Å². The molecule has 0 atom stereocenters. The van der Waals surface area contributed by atoms with Crippen molar-refractivity contribution in [2.45, 2.75) is 58.2 Å². The Morgan fingerprint density at radius 1 is 0.917 bits per heavy atom. The van der Waals surface area contributed by atoms with E-state index < -0.39 is 12.6 Å². The Balaban J connectivity index is 2.00. The second kappa shape index (κ2) is 12.3. The maximum absolute atomic E-state index is 12.3. The Morgan fingerprint density at radius 2 is 1.62 bits per heavy atom. The number of halogens is 3. The second-order valence-corrected chi connectivity index (χ2v) is 6.16. The molecule has 0 amide bonds. The molecular weight excluding hydrogens is 315 g/mol. The van der Waals surface area contributed by atoms with Crippen molar-refractivity contribution in [3.05, 3.63) is 35.9 Å². The normalized spacial score (nSPS) is 12.0. The number of nitrogens with zero attached hydrogens (tertiary/aromatic N) is 1. The van der Waals surface area contributed by atoms with Crippen LogP contribution in [0.1, 0.15) is 51.0 Å². The summed E-state index contributed by atoms with van der Waals surface area (Å²) in [5.74, 6) is 0. The zero-order chi connectivity index (χ0) is 17.7. The van der Waals surface area contributed by atoms with Crippen molar-refractivity contribution in [3.8, 4) is 0 Å². The first-order valence-corrected chi connectivity index (χ1v) is 8.92. The lowest BCUT2D eigenvalue weighted by atomic mass is 10.2. The molecule has 0 fully saturated rings. The Bertz CT molecular complexity index is 409. The van der Waals surface area contributed by atoms with Crippen LogP contribution >= 0.6 is 0 Å². The van der Waals surface area contributed by atoms with Gasteiger partial charge in [-0.15, -0.1) is 0 Å². The van der Waals surface area contributed by atoms with Gasteiger partial charge in [0.15, 0.2) is 0 Å². The number of unbranched alkanes of at least 4 members (excludes halogenated alkanes) is 3. The van der Waals surface area contributed by atoms with Crippen LogP contribution in [0, 0.1) is 0 Å². The van der Waals surface area contributed by atoms with Gasteiger partial charge >= 0.3 is 6.18 Å². The van der Waals surface area contributed by atoms with Crippen LogP contribution in [0.25, 0.3) is 0 Å².